The number of hydrogen-bond acceptors (Lipinski definition) is 5. The minimum atomic E-state index is -0.405. The number of nitrogens with zero attached hydrogens (tertiary/aromatic N) is 2. The van der Waals surface area contributed by atoms with E-state index in [1.54, 1.807) is 23.6 Å². The van der Waals surface area contributed by atoms with E-state index in [0.29, 0.717) is 12.1 Å². The molecule has 0 unspecified atom stereocenters. The smallest absolute Gasteiger partial charge is 0.295 e. The zero-order valence-electron chi connectivity index (χ0n) is 10.4. The second kappa shape index (κ2) is 5.26. The van der Waals surface area contributed by atoms with Gasteiger partial charge in [-0.3, -0.25) is 10.1 Å². The van der Waals surface area contributed by atoms with Gasteiger partial charge in [0.25, 0.3) is 5.69 Å². The molecule has 2 heterocycles. The molecule has 1 N–H and O–H groups in total. The van der Waals surface area contributed by atoms with Crippen molar-refractivity contribution in [2.24, 2.45) is 0 Å². The van der Waals surface area contributed by atoms with Crippen LogP contribution < -0.4 is 5.32 Å². The van der Waals surface area contributed by atoms with Gasteiger partial charge in [0, 0.05) is 29.9 Å². The normalized spacial score (nSPS) is 10.6. The fourth-order valence-corrected chi connectivity index (χ4v) is 2.72. The predicted octanol–water partition coefficient (Wildman–Crippen LogP) is 3.82. The number of hydrogen-bond donors (Lipinski definition) is 1. The highest BCUT2D eigenvalue weighted by atomic mass is 32.1. The molecule has 0 bridgehead atoms. The monoisotopic (exact) mass is 285 g/mol. The molecular formula is C14H11N3O2S. The van der Waals surface area contributed by atoms with E-state index in [9.17, 15) is 10.1 Å². The Balaban J connectivity index is 1.99. The number of rotatable bonds is 4. The highest BCUT2D eigenvalue weighted by Gasteiger charge is 2.14. The third kappa shape index (κ3) is 2.33. The molecule has 0 amide bonds. The molecular weight excluding hydrogens is 274 g/mol. The highest BCUT2D eigenvalue weighted by Crippen LogP contribution is 2.28. The molecule has 0 atom stereocenters. The molecule has 0 aliphatic carbocycles. The summed E-state index contributed by atoms with van der Waals surface area (Å²) in [6.07, 6.45) is 1.59. The van der Waals surface area contributed by atoms with E-state index in [-0.39, 0.29) is 5.69 Å². The number of para-hydroxylation sites is 1. The van der Waals surface area contributed by atoms with E-state index in [0.717, 1.165) is 11.1 Å². The fourth-order valence-electron chi connectivity index (χ4n) is 2.05. The molecule has 5 nitrogen and oxygen atoms in total. The Hall–Kier alpha value is -2.47. The highest BCUT2D eigenvalue weighted by molar-refractivity contribution is 7.07. The first-order chi connectivity index (χ1) is 9.75. The number of aromatic nitrogens is 1. The van der Waals surface area contributed by atoms with Crippen LogP contribution in [0, 0.1) is 10.1 Å². The first-order valence-corrected chi connectivity index (χ1v) is 6.97. The van der Waals surface area contributed by atoms with E-state index in [1.165, 1.54) is 11.6 Å². The molecule has 0 fully saturated rings. The maximum absolute atomic E-state index is 11.0. The lowest BCUT2D eigenvalue weighted by Gasteiger charge is -2.08. The number of nitrogens with one attached hydrogen (secondary N) is 1. The van der Waals surface area contributed by atoms with Gasteiger partial charge in [0.05, 0.1) is 4.92 Å². The summed E-state index contributed by atoms with van der Waals surface area (Å²) in [7, 11) is 0. The topological polar surface area (TPSA) is 68.1 Å². The van der Waals surface area contributed by atoms with Crippen molar-refractivity contribution in [1.29, 1.82) is 0 Å². The van der Waals surface area contributed by atoms with Crippen molar-refractivity contribution in [2.45, 2.75) is 6.54 Å². The summed E-state index contributed by atoms with van der Waals surface area (Å²) in [6, 6.07) is 8.86. The molecule has 0 spiro atoms. The van der Waals surface area contributed by atoms with Crippen LogP contribution in [0.4, 0.5) is 11.4 Å². The predicted molar refractivity (Wildman–Crippen MR) is 80.0 cm³/mol. The summed E-state index contributed by atoms with van der Waals surface area (Å²) in [5, 5.41) is 19.2. The molecule has 0 aliphatic rings. The van der Waals surface area contributed by atoms with Crippen LogP contribution in [0.15, 0.2) is 47.3 Å². The number of non-ortho nitro benzene ring substituents is 1. The van der Waals surface area contributed by atoms with Crippen LogP contribution in [-0.4, -0.2) is 9.91 Å². The third-order valence-corrected chi connectivity index (χ3v) is 3.74. The van der Waals surface area contributed by atoms with Crippen LogP contribution in [0.25, 0.3) is 10.9 Å². The van der Waals surface area contributed by atoms with Gasteiger partial charge in [-0.15, -0.1) is 0 Å². The summed E-state index contributed by atoms with van der Waals surface area (Å²) in [6.45, 7) is 0.686. The summed E-state index contributed by atoms with van der Waals surface area (Å²) >= 11 is 1.64. The lowest BCUT2D eigenvalue weighted by molar-refractivity contribution is -0.383. The number of pyridine rings is 1. The van der Waals surface area contributed by atoms with Gasteiger partial charge in [0.1, 0.15) is 5.52 Å². The van der Waals surface area contributed by atoms with Gasteiger partial charge < -0.3 is 5.32 Å². The summed E-state index contributed by atoms with van der Waals surface area (Å²) < 4.78 is 0. The number of benzene rings is 1. The summed E-state index contributed by atoms with van der Waals surface area (Å²) in [5.74, 6) is 0. The van der Waals surface area contributed by atoms with E-state index >= 15 is 0 Å². The van der Waals surface area contributed by atoms with Gasteiger partial charge in [-0.2, -0.15) is 11.3 Å². The maximum Gasteiger partial charge on any atom is 0.295 e. The van der Waals surface area contributed by atoms with Crippen molar-refractivity contribution in [3.8, 4) is 0 Å². The van der Waals surface area contributed by atoms with Crippen LogP contribution in [0.3, 0.4) is 0 Å². The Bertz CT molecular complexity index is 756. The van der Waals surface area contributed by atoms with Crippen molar-refractivity contribution in [3.05, 3.63) is 63.0 Å². The Morgan fingerprint density at radius 1 is 1.30 bits per heavy atom. The van der Waals surface area contributed by atoms with Crippen LogP contribution in [0.5, 0.6) is 0 Å². The summed E-state index contributed by atoms with van der Waals surface area (Å²) in [5.41, 5.74) is 2.48. The first-order valence-electron chi connectivity index (χ1n) is 6.03. The molecule has 0 aliphatic heterocycles. The Morgan fingerprint density at radius 2 is 2.20 bits per heavy atom. The lowest BCUT2D eigenvalue weighted by Crippen LogP contribution is -2.00. The largest absolute Gasteiger partial charge is 0.380 e. The molecule has 3 aromatic rings. The van der Waals surface area contributed by atoms with Crippen molar-refractivity contribution in [3.63, 3.8) is 0 Å². The van der Waals surface area contributed by atoms with E-state index in [4.69, 9.17) is 0 Å². The molecule has 2 aromatic heterocycles. The molecule has 0 radical (unpaired) electrons. The number of thiophene rings is 1. The average Bonchev–Trinajstić information content (AvgIpc) is 2.97. The van der Waals surface area contributed by atoms with E-state index in [1.807, 2.05) is 23.6 Å². The zero-order chi connectivity index (χ0) is 13.9. The molecule has 6 heteroatoms. The number of fused-ring (bicyclic) bond motifs is 1. The fraction of sp³-hybridized carbons (Fsp3) is 0.0714. The Kier molecular flexibility index (Phi) is 3.30. The lowest BCUT2D eigenvalue weighted by atomic mass is 10.1. The minimum absolute atomic E-state index is 0.0293. The first kappa shape index (κ1) is 12.6. The van der Waals surface area contributed by atoms with Crippen LogP contribution in [0.2, 0.25) is 0 Å². The van der Waals surface area contributed by atoms with E-state index in [2.05, 4.69) is 15.7 Å². The van der Waals surface area contributed by atoms with Gasteiger partial charge in [-0.25, -0.2) is 4.98 Å². The number of nitro benzene ring substituents is 1. The van der Waals surface area contributed by atoms with Crippen molar-refractivity contribution in [1.82, 2.24) is 4.98 Å². The second-order valence-electron chi connectivity index (χ2n) is 4.27. The summed E-state index contributed by atoms with van der Waals surface area (Å²) in [4.78, 5) is 14.7. The molecule has 0 saturated carbocycles. The number of nitro groups is 1. The van der Waals surface area contributed by atoms with Gasteiger partial charge in [-0.1, -0.05) is 12.1 Å². The van der Waals surface area contributed by atoms with Crippen LogP contribution in [0.1, 0.15) is 5.56 Å². The minimum Gasteiger partial charge on any atom is -0.380 e. The van der Waals surface area contributed by atoms with Gasteiger partial charge in [-0.05, 0) is 28.5 Å². The zero-order valence-corrected chi connectivity index (χ0v) is 11.3. The van der Waals surface area contributed by atoms with Crippen molar-refractivity contribution >= 4 is 33.6 Å². The van der Waals surface area contributed by atoms with Gasteiger partial charge in [0.15, 0.2) is 0 Å². The molecule has 20 heavy (non-hydrogen) atoms. The Morgan fingerprint density at radius 3 is 2.95 bits per heavy atom. The quantitative estimate of drug-likeness (QED) is 0.584. The molecule has 1 aromatic carbocycles. The van der Waals surface area contributed by atoms with Crippen molar-refractivity contribution in [2.75, 3.05) is 5.32 Å². The average molecular weight is 285 g/mol. The maximum atomic E-state index is 11.0. The van der Waals surface area contributed by atoms with Crippen LogP contribution >= 0.6 is 11.3 Å². The van der Waals surface area contributed by atoms with E-state index < -0.39 is 4.92 Å². The SMILES string of the molecule is O=[N+]([O-])c1cccc2c(NCc3ccsc3)ccnc12. The molecule has 100 valence electrons. The Labute approximate surface area is 119 Å². The second-order valence-corrected chi connectivity index (χ2v) is 5.05. The third-order valence-electron chi connectivity index (χ3n) is 3.01. The standard InChI is InChI=1S/C14H11N3O2S/c18-17(19)13-3-1-2-11-12(4-6-15-14(11)13)16-8-10-5-7-20-9-10/h1-7,9H,8H2,(H,15,16). The van der Waals surface area contributed by atoms with Gasteiger partial charge >= 0.3 is 0 Å². The van der Waals surface area contributed by atoms with Crippen molar-refractivity contribution < 1.29 is 4.92 Å². The van der Waals surface area contributed by atoms with Crippen LogP contribution in [-0.2, 0) is 6.54 Å². The van der Waals surface area contributed by atoms with Gasteiger partial charge in [0.2, 0.25) is 0 Å². The molecule has 3 rings (SSSR count). The number of anilines is 1. The molecule has 0 saturated heterocycles.